The molecule has 0 saturated carbocycles. The van der Waals surface area contributed by atoms with Crippen LogP contribution >= 0.6 is 0 Å². The number of nitrogens with zero attached hydrogens (tertiary/aromatic N) is 3. The number of anilines is 1. The Morgan fingerprint density at radius 1 is 1.11 bits per heavy atom. The van der Waals surface area contributed by atoms with E-state index in [1.54, 1.807) is 4.90 Å². The molecule has 0 radical (unpaired) electrons. The minimum atomic E-state index is -1.43. The first-order valence-electron chi connectivity index (χ1n) is 8.46. The molecule has 138 valence electrons. The number of hydrogen-bond acceptors (Lipinski definition) is 4. The smallest absolute Gasteiger partial charge is 0.341 e. The highest BCUT2D eigenvalue weighted by atomic mass is 19.1. The fourth-order valence-corrected chi connectivity index (χ4v) is 3.32. The van der Waals surface area contributed by atoms with Crippen LogP contribution in [0.5, 0.6) is 0 Å². The van der Waals surface area contributed by atoms with E-state index >= 15 is 0 Å². The minimum Gasteiger partial charge on any atom is -0.477 e. The van der Waals surface area contributed by atoms with Gasteiger partial charge in [-0.15, -0.1) is 0 Å². The van der Waals surface area contributed by atoms with Gasteiger partial charge in [-0.3, -0.25) is 4.79 Å². The van der Waals surface area contributed by atoms with Gasteiger partial charge in [0, 0.05) is 25.0 Å². The van der Waals surface area contributed by atoms with Crippen molar-refractivity contribution in [2.24, 2.45) is 0 Å². The summed E-state index contributed by atoms with van der Waals surface area (Å²) in [5.74, 6) is -2.44. The maximum atomic E-state index is 14.6. The lowest BCUT2D eigenvalue weighted by Gasteiger charge is -2.19. The fraction of sp³-hybridized carbons (Fsp3) is 0.211. The van der Waals surface area contributed by atoms with Crippen molar-refractivity contribution in [1.82, 2.24) is 9.55 Å². The lowest BCUT2D eigenvalue weighted by Crippen LogP contribution is -2.23. The Hall–Kier alpha value is -3.29. The Morgan fingerprint density at radius 3 is 2.41 bits per heavy atom. The molecule has 0 atom stereocenters. The summed E-state index contributed by atoms with van der Waals surface area (Å²) in [5.41, 5.74) is -0.785. The summed E-state index contributed by atoms with van der Waals surface area (Å²) < 4.78 is 29.3. The van der Waals surface area contributed by atoms with E-state index in [0.717, 1.165) is 25.1 Å². The van der Waals surface area contributed by atoms with Crippen molar-refractivity contribution in [1.29, 1.82) is 0 Å². The number of benzene rings is 1. The molecule has 0 unspecified atom stereocenters. The van der Waals surface area contributed by atoms with Crippen LogP contribution in [0.2, 0.25) is 0 Å². The molecule has 4 rings (SSSR count). The molecular weight excluding hydrogens is 356 g/mol. The van der Waals surface area contributed by atoms with Crippen molar-refractivity contribution < 1.29 is 18.7 Å². The van der Waals surface area contributed by atoms with E-state index in [-0.39, 0.29) is 16.9 Å². The summed E-state index contributed by atoms with van der Waals surface area (Å²) in [6, 6.07) is 6.33. The molecular formula is C19H15F2N3O3. The standard InChI is InChI=1S/C19H15F2N3O3/c20-11-3-5-12(6-4-11)24-10-14(19(26)27)16(25)13-9-15(21)18(22-17(13)24)23-7-1-2-8-23/h3-6,9-10H,1-2,7-8H2,(H,26,27). The third-order valence-electron chi connectivity index (χ3n) is 4.65. The Labute approximate surface area is 152 Å². The minimum absolute atomic E-state index is 0.123. The van der Waals surface area contributed by atoms with Crippen molar-refractivity contribution in [3.8, 4) is 5.69 Å². The molecule has 0 bridgehead atoms. The molecule has 1 aliphatic rings. The van der Waals surface area contributed by atoms with Gasteiger partial charge in [-0.1, -0.05) is 0 Å². The largest absolute Gasteiger partial charge is 0.477 e. The topological polar surface area (TPSA) is 75.4 Å². The average Bonchev–Trinajstić information content (AvgIpc) is 3.17. The molecule has 1 N–H and O–H groups in total. The van der Waals surface area contributed by atoms with Gasteiger partial charge in [-0.2, -0.15) is 0 Å². The van der Waals surface area contributed by atoms with Crippen LogP contribution in [-0.4, -0.2) is 33.7 Å². The molecule has 0 spiro atoms. The molecule has 1 aliphatic heterocycles. The van der Waals surface area contributed by atoms with Crippen LogP contribution in [0.25, 0.3) is 16.7 Å². The maximum Gasteiger partial charge on any atom is 0.341 e. The zero-order valence-electron chi connectivity index (χ0n) is 14.2. The third-order valence-corrected chi connectivity index (χ3v) is 4.65. The molecule has 1 aromatic carbocycles. The number of carboxylic acids is 1. The summed E-state index contributed by atoms with van der Waals surface area (Å²) >= 11 is 0. The molecule has 3 aromatic rings. The van der Waals surface area contributed by atoms with Crippen LogP contribution in [0.4, 0.5) is 14.6 Å². The number of hydrogen-bond donors (Lipinski definition) is 1. The van der Waals surface area contributed by atoms with Gasteiger partial charge in [0.25, 0.3) is 0 Å². The molecule has 1 fully saturated rings. The highest BCUT2D eigenvalue weighted by Crippen LogP contribution is 2.26. The van der Waals surface area contributed by atoms with Gasteiger partial charge < -0.3 is 14.6 Å². The quantitative estimate of drug-likeness (QED) is 0.766. The SMILES string of the molecule is O=C(O)c1cn(-c2ccc(F)cc2)c2nc(N3CCCC3)c(F)cc2c1=O. The Morgan fingerprint density at radius 2 is 1.78 bits per heavy atom. The van der Waals surface area contributed by atoms with Gasteiger partial charge in [-0.05, 0) is 43.2 Å². The number of aromatic carboxylic acids is 1. The number of carboxylic acid groups (broad SMARTS) is 1. The van der Waals surface area contributed by atoms with Crippen LogP contribution in [0.1, 0.15) is 23.2 Å². The lowest BCUT2D eigenvalue weighted by atomic mass is 10.1. The number of fused-ring (bicyclic) bond motifs is 1. The van der Waals surface area contributed by atoms with E-state index in [4.69, 9.17) is 0 Å². The zero-order valence-corrected chi connectivity index (χ0v) is 14.2. The summed E-state index contributed by atoms with van der Waals surface area (Å²) in [6.07, 6.45) is 2.97. The van der Waals surface area contributed by atoms with Crippen LogP contribution < -0.4 is 10.3 Å². The number of halogens is 2. The Bertz CT molecular complexity index is 1100. The lowest BCUT2D eigenvalue weighted by molar-refractivity contribution is 0.0695. The van der Waals surface area contributed by atoms with E-state index in [2.05, 4.69) is 4.98 Å². The first-order valence-corrected chi connectivity index (χ1v) is 8.46. The predicted octanol–water partition coefficient (Wildman–Crippen LogP) is 2.96. The molecule has 0 aliphatic carbocycles. The number of pyridine rings is 2. The second kappa shape index (κ2) is 6.46. The maximum absolute atomic E-state index is 14.6. The molecule has 6 nitrogen and oxygen atoms in total. The first-order chi connectivity index (χ1) is 13.0. The summed E-state index contributed by atoms with van der Waals surface area (Å²) in [4.78, 5) is 30.1. The summed E-state index contributed by atoms with van der Waals surface area (Å²) in [5, 5.41) is 9.20. The van der Waals surface area contributed by atoms with E-state index in [1.165, 1.54) is 28.8 Å². The summed E-state index contributed by atoms with van der Waals surface area (Å²) in [6.45, 7) is 1.31. The second-order valence-electron chi connectivity index (χ2n) is 6.38. The van der Waals surface area contributed by atoms with Gasteiger partial charge in [0.05, 0.1) is 5.39 Å². The molecule has 8 heteroatoms. The van der Waals surface area contributed by atoms with Gasteiger partial charge >= 0.3 is 5.97 Å². The van der Waals surface area contributed by atoms with Gasteiger partial charge in [0.15, 0.2) is 17.3 Å². The number of rotatable bonds is 3. The first kappa shape index (κ1) is 17.1. The third kappa shape index (κ3) is 2.92. The van der Waals surface area contributed by atoms with Gasteiger partial charge in [0.1, 0.15) is 11.4 Å². The van der Waals surface area contributed by atoms with Crippen LogP contribution in [0.15, 0.2) is 41.3 Å². The Kier molecular flexibility index (Phi) is 4.10. The average molecular weight is 371 g/mol. The molecule has 2 aromatic heterocycles. The van der Waals surface area contributed by atoms with E-state index in [1.807, 2.05) is 0 Å². The highest BCUT2D eigenvalue weighted by Gasteiger charge is 2.22. The van der Waals surface area contributed by atoms with E-state index in [0.29, 0.717) is 18.8 Å². The molecule has 1 saturated heterocycles. The van der Waals surface area contributed by atoms with Crippen molar-refractivity contribution >= 4 is 22.8 Å². The van der Waals surface area contributed by atoms with Crippen LogP contribution in [0, 0.1) is 11.6 Å². The molecule has 27 heavy (non-hydrogen) atoms. The van der Waals surface area contributed by atoms with E-state index < -0.39 is 28.6 Å². The van der Waals surface area contributed by atoms with Gasteiger partial charge in [0.2, 0.25) is 5.43 Å². The second-order valence-corrected chi connectivity index (χ2v) is 6.38. The van der Waals surface area contributed by atoms with Crippen LogP contribution in [0.3, 0.4) is 0 Å². The van der Waals surface area contributed by atoms with Crippen molar-refractivity contribution in [3.05, 3.63) is 63.9 Å². The summed E-state index contributed by atoms with van der Waals surface area (Å²) in [7, 11) is 0. The highest BCUT2D eigenvalue weighted by molar-refractivity contribution is 5.92. The van der Waals surface area contributed by atoms with Crippen molar-refractivity contribution in [3.63, 3.8) is 0 Å². The van der Waals surface area contributed by atoms with Crippen molar-refractivity contribution in [2.75, 3.05) is 18.0 Å². The molecule has 0 amide bonds. The fourth-order valence-electron chi connectivity index (χ4n) is 3.32. The monoisotopic (exact) mass is 371 g/mol. The van der Waals surface area contributed by atoms with Crippen LogP contribution in [-0.2, 0) is 0 Å². The zero-order chi connectivity index (χ0) is 19.1. The molecule has 3 heterocycles. The Balaban J connectivity index is 2.05. The normalized spacial score (nSPS) is 14.1. The number of carbonyl (C=O) groups is 1. The van der Waals surface area contributed by atoms with Gasteiger partial charge in [-0.25, -0.2) is 18.6 Å². The van der Waals surface area contributed by atoms with E-state index in [9.17, 15) is 23.5 Å². The number of aromatic nitrogens is 2. The predicted molar refractivity (Wildman–Crippen MR) is 95.7 cm³/mol. The van der Waals surface area contributed by atoms with Crippen molar-refractivity contribution in [2.45, 2.75) is 12.8 Å².